The molecule has 2 rings (SSSR count). The minimum atomic E-state index is -0.814. The number of allylic oxidation sites excluding steroid dienone is 1. The molecule has 0 atom stereocenters. The quantitative estimate of drug-likeness (QED) is 0.791. The first-order valence-electron chi connectivity index (χ1n) is 5.00. The Bertz CT molecular complexity index is 420. The second kappa shape index (κ2) is 3.84. The first kappa shape index (κ1) is 9.89. The van der Waals surface area contributed by atoms with Gasteiger partial charge in [0, 0.05) is 12.6 Å². The van der Waals surface area contributed by atoms with Gasteiger partial charge >= 0.3 is 5.97 Å². The van der Waals surface area contributed by atoms with Crippen LogP contribution < -0.4 is 0 Å². The predicted molar refractivity (Wildman–Crippen MR) is 54.0 cm³/mol. The van der Waals surface area contributed by atoms with Gasteiger partial charge in [-0.25, -0.2) is 9.48 Å². The number of aliphatic carboxylic acids is 1. The van der Waals surface area contributed by atoms with Crippen LogP contribution in [0.3, 0.4) is 0 Å². The molecule has 0 aromatic carbocycles. The van der Waals surface area contributed by atoms with Gasteiger partial charge in [-0.2, -0.15) is 0 Å². The number of aryl methyl sites for hydroxylation is 1. The van der Waals surface area contributed by atoms with E-state index in [9.17, 15) is 4.79 Å². The fraction of sp³-hybridized carbons (Fsp3) is 0.500. The van der Waals surface area contributed by atoms with Crippen LogP contribution in [-0.4, -0.2) is 26.1 Å². The largest absolute Gasteiger partial charge is 0.478 e. The van der Waals surface area contributed by atoms with Crippen molar-refractivity contribution in [1.82, 2.24) is 15.0 Å². The van der Waals surface area contributed by atoms with E-state index in [-0.39, 0.29) is 0 Å². The van der Waals surface area contributed by atoms with Crippen LogP contribution in [0.4, 0.5) is 0 Å². The maximum absolute atomic E-state index is 11.1. The van der Waals surface area contributed by atoms with Crippen LogP contribution in [0.2, 0.25) is 0 Å². The van der Waals surface area contributed by atoms with Gasteiger partial charge in [-0.3, -0.25) is 0 Å². The smallest absolute Gasteiger partial charge is 0.331 e. The normalized spacial score (nSPS) is 16.9. The van der Waals surface area contributed by atoms with E-state index in [1.165, 1.54) is 0 Å². The fourth-order valence-electron chi connectivity index (χ4n) is 1.99. The lowest BCUT2D eigenvalue weighted by atomic mass is 9.90. The molecule has 0 amide bonds. The summed E-state index contributed by atoms with van der Waals surface area (Å²) in [7, 11) is 1.78. The van der Waals surface area contributed by atoms with Crippen molar-refractivity contribution in [3.8, 4) is 0 Å². The summed E-state index contributed by atoms with van der Waals surface area (Å²) >= 11 is 0. The molecule has 80 valence electrons. The van der Waals surface area contributed by atoms with Crippen molar-refractivity contribution in [3.05, 3.63) is 17.5 Å². The highest BCUT2D eigenvalue weighted by Gasteiger charge is 2.21. The van der Waals surface area contributed by atoms with Crippen molar-refractivity contribution >= 4 is 11.5 Å². The number of nitrogens with zero attached hydrogens (tertiary/aromatic N) is 3. The van der Waals surface area contributed by atoms with Gasteiger partial charge in [-0.1, -0.05) is 5.21 Å². The van der Waals surface area contributed by atoms with Gasteiger partial charge in [0.1, 0.15) is 0 Å². The molecule has 0 saturated heterocycles. The second-order valence-corrected chi connectivity index (χ2v) is 3.71. The average Bonchev–Trinajstić information content (AvgIpc) is 2.64. The second-order valence-electron chi connectivity index (χ2n) is 3.71. The summed E-state index contributed by atoms with van der Waals surface area (Å²) in [6.07, 6.45) is 5.08. The fourth-order valence-corrected chi connectivity index (χ4v) is 1.99. The molecule has 5 nitrogen and oxygen atoms in total. The Balaban J connectivity index is 2.48. The van der Waals surface area contributed by atoms with Crippen molar-refractivity contribution in [2.45, 2.75) is 25.7 Å². The van der Waals surface area contributed by atoms with Crippen LogP contribution in [0.15, 0.2) is 11.8 Å². The summed E-state index contributed by atoms with van der Waals surface area (Å²) in [5, 5.41) is 16.7. The van der Waals surface area contributed by atoms with Gasteiger partial charge in [0.2, 0.25) is 0 Å². The Morgan fingerprint density at radius 3 is 2.80 bits per heavy atom. The first-order chi connectivity index (χ1) is 7.20. The molecule has 15 heavy (non-hydrogen) atoms. The molecule has 1 heterocycles. The Morgan fingerprint density at radius 2 is 2.20 bits per heavy atom. The highest BCUT2D eigenvalue weighted by molar-refractivity contribution is 5.96. The maximum atomic E-state index is 11.1. The molecule has 0 radical (unpaired) electrons. The molecule has 0 spiro atoms. The monoisotopic (exact) mass is 207 g/mol. The summed E-state index contributed by atoms with van der Waals surface area (Å²) < 4.78 is 1.63. The third-order valence-electron chi connectivity index (χ3n) is 2.75. The predicted octanol–water partition coefficient (Wildman–Crippen LogP) is 1.23. The topological polar surface area (TPSA) is 68.0 Å². The van der Waals surface area contributed by atoms with Gasteiger partial charge in [0.05, 0.1) is 11.9 Å². The maximum Gasteiger partial charge on any atom is 0.331 e. The van der Waals surface area contributed by atoms with Gasteiger partial charge in [-0.05, 0) is 31.3 Å². The van der Waals surface area contributed by atoms with Crippen LogP contribution >= 0.6 is 0 Å². The molecule has 1 N–H and O–H groups in total. The molecule has 0 saturated carbocycles. The molecule has 0 bridgehead atoms. The average molecular weight is 207 g/mol. The van der Waals surface area contributed by atoms with Gasteiger partial charge < -0.3 is 5.11 Å². The highest BCUT2D eigenvalue weighted by atomic mass is 16.4. The van der Waals surface area contributed by atoms with E-state index in [2.05, 4.69) is 10.3 Å². The van der Waals surface area contributed by atoms with Crippen molar-refractivity contribution in [1.29, 1.82) is 0 Å². The van der Waals surface area contributed by atoms with Crippen molar-refractivity contribution in [3.63, 3.8) is 0 Å². The van der Waals surface area contributed by atoms with E-state index in [0.717, 1.165) is 30.5 Å². The zero-order valence-electron chi connectivity index (χ0n) is 8.60. The lowest BCUT2D eigenvalue weighted by Gasteiger charge is -2.16. The molecule has 1 aliphatic rings. The van der Waals surface area contributed by atoms with Crippen molar-refractivity contribution in [2.24, 2.45) is 7.05 Å². The molecule has 0 unspecified atom stereocenters. The molecular formula is C10H13N3O2. The Morgan fingerprint density at radius 1 is 1.47 bits per heavy atom. The van der Waals surface area contributed by atoms with Crippen LogP contribution in [-0.2, 0) is 11.8 Å². The Kier molecular flexibility index (Phi) is 2.53. The van der Waals surface area contributed by atoms with Gasteiger partial charge in [0.15, 0.2) is 0 Å². The number of hydrogen-bond donors (Lipinski definition) is 1. The molecule has 5 heteroatoms. The van der Waals surface area contributed by atoms with Crippen LogP contribution in [0.5, 0.6) is 0 Å². The highest BCUT2D eigenvalue weighted by Crippen LogP contribution is 2.31. The Labute approximate surface area is 87.4 Å². The van der Waals surface area contributed by atoms with Crippen LogP contribution in [0.1, 0.15) is 31.4 Å². The Hall–Kier alpha value is -1.65. The minimum absolute atomic E-state index is 0.520. The third kappa shape index (κ3) is 1.77. The molecular weight excluding hydrogens is 194 g/mol. The number of carboxylic acid groups (broad SMARTS) is 1. The van der Waals surface area contributed by atoms with Crippen molar-refractivity contribution < 1.29 is 9.90 Å². The van der Waals surface area contributed by atoms with Gasteiger partial charge in [-0.15, -0.1) is 5.10 Å². The summed E-state index contributed by atoms with van der Waals surface area (Å²) in [5.41, 5.74) is 2.24. The van der Waals surface area contributed by atoms with Crippen LogP contribution in [0.25, 0.3) is 5.57 Å². The number of hydrogen-bond acceptors (Lipinski definition) is 3. The summed E-state index contributed by atoms with van der Waals surface area (Å²) in [6, 6.07) is 0. The van der Waals surface area contributed by atoms with E-state index < -0.39 is 5.97 Å². The third-order valence-corrected chi connectivity index (χ3v) is 2.75. The number of rotatable bonds is 2. The zero-order chi connectivity index (χ0) is 10.8. The first-order valence-corrected chi connectivity index (χ1v) is 5.00. The summed E-state index contributed by atoms with van der Waals surface area (Å²) in [5.74, 6) is -0.814. The number of carbonyl (C=O) groups is 1. The molecule has 1 aromatic rings. The molecule has 0 aliphatic heterocycles. The van der Waals surface area contributed by atoms with E-state index in [4.69, 9.17) is 5.11 Å². The van der Waals surface area contributed by atoms with E-state index in [0.29, 0.717) is 12.0 Å². The summed E-state index contributed by atoms with van der Waals surface area (Å²) in [6.45, 7) is 0. The minimum Gasteiger partial charge on any atom is -0.478 e. The SMILES string of the molecule is Cn1nncc1C1=C(C(=O)O)CCCC1. The van der Waals surface area contributed by atoms with E-state index in [1.807, 2.05) is 0 Å². The van der Waals surface area contributed by atoms with E-state index in [1.54, 1.807) is 17.9 Å². The van der Waals surface area contributed by atoms with Crippen LogP contribution in [0, 0.1) is 0 Å². The molecule has 1 aliphatic carbocycles. The lowest BCUT2D eigenvalue weighted by molar-refractivity contribution is -0.132. The molecule has 0 fully saturated rings. The number of aromatic nitrogens is 3. The van der Waals surface area contributed by atoms with Crippen molar-refractivity contribution in [2.75, 3.05) is 0 Å². The van der Waals surface area contributed by atoms with Gasteiger partial charge in [0.25, 0.3) is 0 Å². The van der Waals surface area contributed by atoms with E-state index >= 15 is 0 Å². The summed E-state index contributed by atoms with van der Waals surface area (Å²) in [4.78, 5) is 11.1. The molecule has 1 aromatic heterocycles. The standard InChI is InChI=1S/C10H13N3O2/c1-13-9(6-11-12-13)7-4-2-3-5-8(7)10(14)15/h6H,2-5H2,1H3,(H,14,15). The number of carboxylic acids is 1. The lowest BCUT2D eigenvalue weighted by Crippen LogP contribution is -2.10. The zero-order valence-corrected chi connectivity index (χ0v) is 8.60.